The molecule has 0 unspecified atom stereocenters. The molecule has 8 nitrogen and oxygen atoms in total. The zero-order valence-corrected chi connectivity index (χ0v) is 29.0. The van der Waals surface area contributed by atoms with Crippen LogP contribution >= 0.6 is 23.2 Å². The molecule has 1 aliphatic heterocycles. The van der Waals surface area contributed by atoms with Gasteiger partial charge in [-0.05, 0) is 65.4 Å². The van der Waals surface area contributed by atoms with Crippen LogP contribution in [-0.2, 0) is 15.1 Å². The van der Waals surface area contributed by atoms with Crippen molar-refractivity contribution >= 4 is 51.9 Å². The number of rotatable bonds is 8. The number of nitrogens with one attached hydrogen (secondary N) is 1. The maximum absolute atomic E-state index is 14.1. The Bertz CT molecular complexity index is 2140. The molecule has 1 atom stereocenters. The van der Waals surface area contributed by atoms with Crippen LogP contribution in [0.2, 0.25) is 5.02 Å². The van der Waals surface area contributed by atoms with E-state index in [1.165, 1.54) is 4.90 Å². The van der Waals surface area contributed by atoms with Crippen LogP contribution in [0, 0.1) is 17.2 Å². The smallest absolute Gasteiger partial charge is 0.410 e. The number of hydrogen-bond donors (Lipinski definition) is 1. The molecule has 51 heavy (non-hydrogen) atoms. The normalized spacial score (nSPS) is 14.5. The first-order valence-corrected chi connectivity index (χ1v) is 17.5. The van der Waals surface area contributed by atoms with E-state index in [4.69, 9.17) is 33.0 Å². The molecule has 0 saturated carbocycles. The molecule has 1 saturated heterocycles. The molecule has 10 heteroatoms. The van der Waals surface area contributed by atoms with Crippen LogP contribution in [0.5, 0.6) is 0 Å². The van der Waals surface area contributed by atoms with Crippen molar-refractivity contribution in [3.63, 3.8) is 0 Å². The number of alkyl halides is 1. The van der Waals surface area contributed by atoms with Gasteiger partial charge in [-0.15, -0.1) is 0 Å². The number of amides is 2. The number of carbonyl (C=O) groups is 2. The second-order valence-corrected chi connectivity index (χ2v) is 13.0. The summed E-state index contributed by atoms with van der Waals surface area (Å²) in [5.74, 6) is -0.393. The fourth-order valence-electron chi connectivity index (χ4n) is 7.07. The number of nitrogens with zero attached hydrogens (tertiary/aromatic N) is 4. The van der Waals surface area contributed by atoms with E-state index in [1.54, 1.807) is 18.2 Å². The van der Waals surface area contributed by atoms with Crippen molar-refractivity contribution in [1.29, 1.82) is 5.26 Å². The molecule has 2 amide bonds. The van der Waals surface area contributed by atoms with Gasteiger partial charge in [-0.3, -0.25) is 4.79 Å². The summed E-state index contributed by atoms with van der Waals surface area (Å²) in [6.07, 6.45) is 0.692. The lowest BCUT2D eigenvalue weighted by molar-refractivity contribution is -0.121. The summed E-state index contributed by atoms with van der Waals surface area (Å²) in [5, 5.41) is 19.2. The highest BCUT2D eigenvalue weighted by Gasteiger charge is 2.41. The standard InChI is InChI=1S/C41H33Cl2N5O3/c42-27-51-40(50)47-22-10-11-30(26-47)39(49)45-38-35-24-29(34-23-28(25-44)18-20-36(34)43)19-21-37(35)48(46-38)41(31-12-4-1-5-13-31,32-14-6-2-7-15-32)33-16-8-3-9-17-33/h1-9,12-21,23-24,30H,10-11,22,26-27H2,(H,45,46,49)/t30-/m1/s1. The van der Waals surface area contributed by atoms with E-state index in [1.807, 2.05) is 77.5 Å². The Balaban J connectivity index is 1.45. The molecule has 0 aliphatic carbocycles. The number of carbonyl (C=O) groups excluding carboxylic acids is 2. The predicted molar refractivity (Wildman–Crippen MR) is 200 cm³/mol. The van der Waals surface area contributed by atoms with Gasteiger partial charge in [0, 0.05) is 29.1 Å². The number of benzene rings is 5. The minimum Gasteiger partial charge on any atom is -0.433 e. The number of ether oxygens (including phenoxy) is 1. The number of halogens is 2. The highest BCUT2D eigenvalue weighted by atomic mass is 35.5. The summed E-state index contributed by atoms with van der Waals surface area (Å²) < 4.78 is 6.99. The lowest BCUT2D eigenvalue weighted by Gasteiger charge is -2.37. The number of aromatic nitrogens is 2. The molecule has 0 radical (unpaired) electrons. The first-order valence-electron chi connectivity index (χ1n) is 16.6. The highest BCUT2D eigenvalue weighted by molar-refractivity contribution is 6.33. The summed E-state index contributed by atoms with van der Waals surface area (Å²) in [7, 11) is 0. The van der Waals surface area contributed by atoms with Crippen molar-refractivity contribution in [2.45, 2.75) is 18.4 Å². The largest absolute Gasteiger partial charge is 0.433 e. The van der Waals surface area contributed by atoms with Gasteiger partial charge in [0.2, 0.25) is 5.91 Å². The fourth-order valence-corrected chi connectivity index (χ4v) is 7.39. The molecule has 0 spiro atoms. The first-order chi connectivity index (χ1) is 24.9. The third-order valence-electron chi connectivity index (χ3n) is 9.45. The average Bonchev–Trinajstić information content (AvgIpc) is 3.54. The third kappa shape index (κ3) is 6.43. The number of nitriles is 1. The summed E-state index contributed by atoms with van der Waals surface area (Å²) >= 11 is 12.3. The van der Waals surface area contributed by atoms with Gasteiger partial charge in [-0.1, -0.05) is 120 Å². The van der Waals surface area contributed by atoms with Crippen LogP contribution in [0.1, 0.15) is 35.1 Å². The molecule has 1 N–H and O–H groups in total. The number of fused-ring (bicyclic) bond motifs is 1. The molecule has 254 valence electrons. The average molecular weight is 715 g/mol. The van der Waals surface area contributed by atoms with Crippen LogP contribution in [0.4, 0.5) is 10.6 Å². The maximum atomic E-state index is 14.1. The van der Waals surface area contributed by atoms with E-state index in [-0.39, 0.29) is 18.5 Å². The quantitative estimate of drug-likeness (QED) is 0.125. The lowest BCUT2D eigenvalue weighted by Crippen LogP contribution is -2.44. The molecule has 1 fully saturated rings. The van der Waals surface area contributed by atoms with Crippen LogP contribution in [-0.4, -0.2) is 45.8 Å². The van der Waals surface area contributed by atoms with Crippen molar-refractivity contribution in [2.24, 2.45) is 5.92 Å². The van der Waals surface area contributed by atoms with E-state index < -0.39 is 17.6 Å². The van der Waals surface area contributed by atoms with E-state index in [0.29, 0.717) is 46.7 Å². The maximum Gasteiger partial charge on any atom is 0.410 e. The van der Waals surface area contributed by atoms with Crippen LogP contribution in [0.3, 0.4) is 0 Å². The summed E-state index contributed by atoms with van der Waals surface area (Å²) in [6, 6.07) is 43.5. The Kier molecular flexibility index (Phi) is 9.76. The number of piperidine rings is 1. The van der Waals surface area contributed by atoms with Crippen molar-refractivity contribution < 1.29 is 14.3 Å². The monoisotopic (exact) mass is 713 g/mol. The molecule has 0 bridgehead atoms. The topological polar surface area (TPSA) is 100 Å². The van der Waals surface area contributed by atoms with Crippen molar-refractivity contribution in [2.75, 3.05) is 24.5 Å². The van der Waals surface area contributed by atoms with Crippen molar-refractivity contribution in [3.8, 4) is 17.2 Å². The van der Waals surface area contributed by atoms with E-state index in [0.717, 1.165) is 27.8 Å². The predicted octanol–water partition coefficient (Wildman–Crippen LogP) is 9.05. The minimum absolute atomic E-state index is 0.198. The SMILES string of the molecule is N#Cc1ccc(Cl)c(-c2ccc3c(c2)c(NC(=O)[C@@H]2CCCN(C(=O)OCCl)C2)nn3C(c2ccccc2)(c2ccccc2)c2ccccc2)c1. The summed E-state index contributed by atoms with van der Waals surface area (Å²) in [4.78, 5) is 28.1. The highest BCUT2D eigenvalue weighted by Crippen LogP contribution is 2.44. The van der Waals surface area contributed by atoms with Gasteiger partial charge in [0.15, 0.2) is 11.9 Å². The van der Waals surface area contributed by atoms with Gasteiger partial charge in [0.05, 0.1) is 23.1 Å². The van der Waals surface area contributed by atoms with Crippen LogP contribution in [0.25, 0.3) is 22.0 Å². The van der Waals surface area contributed by atoms with E-state index >= 15 is 0 Å². The Morgan fingerprint density at radius 2 is 1.51 bits per heavy atom. The zero-order valence-electron chi connectivity index (χ0n) is 27.5. The Labute approximate surface area is 305 Å². The molecule has 5 aromatic carbocycles. The molecule has 2 heterocycles. The molecule has 7 rings (SSSR count). The van der Waals surface area contributed by atoms with Crippen LogP contribution < -0.4 is 5.32 Å². The van der Waals surface area contributed by atoms with Gasteiger partial charge in [0.25, 0.3) is 0 Å². The summed E-state index contributed by atoms with van der Waals surface area (Å²) in [5.41, 5.74) is 4.63. The number of anilines is 1. The Morgan fingerprint density at radius 1 is 0.882 bits per heavy atom. The minimum atomic E-state index is -0.960. The molecule has 1 aliphatic rings. The first kappa shape index (κ1) is 33.9. The zero-order chi connectivity index (χ0) is 35.4. The van der Waals surface area contributed by atoms with Crippen LogP contribution in [0.15, 0.2) is 127 Å². The number of hydrogen-bond acceptors (Lipinski definition) is 5. The van der Waals surface area contributed by atoms with Crippen molar-refractivity contribution in [1.82, 2.24) is 14.7 Å². The third-order valence-corrected chi connectivity index (χ3v) is 9.89. The Hall–Kier alpha value is -5.62. The number of likely N-dealkylation sites (tertiary alicyclic amines) is 1. The van der Waals surface area contributed by atoms with Gasteiger partial charge < -0.3 is 15.0 Å². The molecule has 6 aromatic rings. The molecule has 1 aromatic heterocycles. The van der Waals surface area contributed by atoms with Gasteiger partial charge >= 0.3 is 6.09 Å². The lowest BCUT2D eigenvalue weighted by atomic mass is 9.77. The molecular formula is C41H33Cl2N5O3. The van der Waals surface area contributed by atoms with Gasteiger partial charge in [-0.2, -0.15) is 10.4 Å². The summed E-state index contributed by atoms with van der Waals surface area (Å²) in [6.45, 7) is 0.681. The van der Waals surface area contributed by atoms with Gasteiger partial charge in [-0.25, -0.2) is 9.48 Å². The van der Waals surface area contributed by atoms with Crippen molar-refractivity contribution in [3.05, 3.63) is 155 Å². The second kappa shape index (κ2) is 14.7. The second-order valence-electron chi connectivity index (χ2n) is 12.4. The fraction of sp³-hybridized carbons (Fsp3) is 0.171. The Morgan fingerprint density at radius 3 is 2.10 bits per heavy atom. The molecular weight excluding hydrogens is 681 g/mol. The van der Waals surface area contributed by atoms with E-state index in [2.05, 4.69) is 47.8 Å². The van der Waals surface area contributed by atoms with Gasteiger partial charge in [0.1, 0.15) is 5.54 Å². The van der Waals surface area contributed by atoms with E-state index in [9.17, 15) is 14.9 Å².